The van der Waals surface area contributed by atoms with Crippen molar-refractivity contribution in [2.75, 3.05) is 13.7 Å². The molecule has 132 valence electrons. The summed E-state index contributed by atoms with van der Waals surface area (Å²) in [6.45, 7) is 2.35. The summed E-state index contributed by atoms with van der Waals surface area (Å²) >= 11 is 9.53. The van der Waals surface area contributed by atoms with Crippen LogP contribution in [0.4, 0.5) is 0 Å². The number of methoxy groups -OCH3 is 1. The highest BCUT2D eigenvalue weighted by atomic mass is 79.9. The van der Waals surface area contributed by atoms with E-state index < -0.39 is 0 Å². The van der Waals surface area contributed by atoms with Gasteiger partial charge in [-0.2, -0.15) is 5.10 Å². The van der Waals surface area contributed by atoms with Gasteiger partial charge in [0.1, 0.15) is 0 Å². The summed E-state index contributed by atoms with van der Waals surface area (Å²) in [6.07, 6.45) is 1.76. The van der Waals surface area contributed by atoms with Crippen LogP contribution in [0, 0.1) is 0 Å². The van der Waals surface area contributed by atoms with Crippen LogP contribution < -0.4 is 14.9 Å². The number of benzene rings is 2. The molecule has 0 aliphatic carbocycles. The van der Waals surface area contributed by atoms with E-state index in [-0.39, 0.29) is 12.3 Å². The largest absolute Gasteiger partial charge is 0.491 e. The number of halogens is 2. The van der Waals surface area contributed by atoms with Gasteiger partial charge in [-0.1, -0.05) is 39.7 Å². The van der Waals surface area contributed by atoms with Gasteiger partial charge in [0.25, 0.3) is 0 Å². The second kappa shape index (κ2) is 9.44. The van der Waals surface area contributed by atoms with E-state index in [0.29, 0.717) is 28.7 Å². The van der Waals surface area contributed by atoms with Crippen LogP contribution in [0.2, 0.25) is 5.02 Å². The summed E-state index contributed by atoms with van der Waals surface area (Å²) in [5.74, 6) is 0.795. The maximum absolute atomic E-state index is 11.9. The molecular weight excluding hydrogens is 408 g/mol. The SMILES string of the molecule is CCOc1cc(/C=N/NC(=O)Cc2ccc(Br)cc2)cc(Cl)c1OC. The molecule has 2 aromatic carbocycles. The van der Waals surface area contributed by atoms with E-state index in [9.17, 15) is 4.79 Å². The molecule has 5 nitrogen and oxygen atoms in total. The molecule has 0 heterocycles. The molecule has 2 aromatic rings. The zero-order chi connectivity index (χ0) is 18.2. The van der Waals surface area contributed by atoms with Crippen molar-refractivity contribution < 1.29 is 14.3 Å². The van der Waals surface area contributed by atoms with Crippen LogP contribution >= 0.6 is 27.5 Å². The van der Waals surface area contributed by atoms with E-state index in [1.54, 1.807) is 12.1 Å². The second-order valence-electron chi connectivity index (χ2n) is 5.06. The van der Waals surface area contributed by atoms with Gasteiger partial charge in [0.05, 0.1) is 31.4 Å². The van der Waals surface area contributed by atoms with Gasteiger partial charge in [-0.3, -0.25) is 4.79 Å². The van der Waals surface area contributed by atoms with Crippen molar-refractivity contribution in [1.82, 2.24) is 5.43 Å². The average Bonchev–Trinajstić information content (AvgIpc) is 2.57. The number of hydrogen-bond acceptors (Lipinski definition) is 4. The molecule has 1 N–H and O–H groups in total. The van der Waals surface area contributed by atoms with Gasteiger partial charge < -0.3 is 9.47 Å². The van der Waals surface area contributed by atoms with Gasteiger partial charge in [0.2, 0.25) is 5.91 Å². The Hall–Kier alpha value is -2.05. The lowest BCUT2D eigenvalue weighted by Gasteiger charge is -2.11. The van der Waals surface area contributed by atoms with E-state index in [1.165, 1.54) is 13.3 Å². The maximum atomic E-state index is 11.9. The van der Waals surface area contributed by atoms with Crippen LogP contribution in [0.15, 0.2) is 46.0 Å². The highest BCUT2D eigenvalue weighted by Crippen LogP contribution is 2.35. The van der Waals surface area contributed by atoms with E-state index in [2.05, 4.69) is 26.5 Å². The maximum Gasteiger partial charge on any atom is 0.244 e. The Bertz CT molecular complexity index is 764. The summed E-state index contributed by atoms with van der Waals surface area (Å²) in [5, 5.41) is 4.38. The Labute approximate surface area is 160 Å². The fourth-order valence-corrected chi connectivity index (χ4v) is 2.69. The zero-order valence-electron chi connectivity index (χ0n) is 13.9. The van der Waals surface area contributed by atoms with Gasteiger partial charge >= 0.3 is 0 Å². The minimum atomic E-state index is -0.205. The molecule has 0 aliphatic rings. The van der Waals surface area contributed by atoms with Gasteiger partial charge in [-0.25, -0.2) is 5.43 Å². The minimum absolute atomic E-state index is 0.205. The fourth-order valence-electron chi connectivity index (χ4n) is 2.13. The molecule has 2 rings (SSSR count). The van der Waals surface area contributed by atoms with Gasteiger partial charge in [0, 0.05) is 4.47 Å². The quantitative estimate of drug-likeness (QED) is 0.534. The van der Waals surface area contributed by atoms with Gasteiger partial charge in [0.15, 0.2) is 11.5 Å². The molecule has 0 aliphatic heterocycles. The van der Waals surface area contributed by atoms with E-state index in [0.717, 1.165) is 10.0 Å². The fraction of sp³-hybridized carbons (Fsp3) is 0.222. The van der Waals surface area contributed by atoms with Crippen molar-refractivity contribution in [3.63, 3.8) is 0 Å². The number of nitrogens with zero attached hydrogens (tertiary/aromatic N) is 1. The van der Waals surface area contributed by atoms with E-state index in [1.807, 2.05) is 31.2 Å². The van der Waals surface area contributed by atoms with Crippen LogP contribution in [0.25, 0.3) is 0 Å². The van der Waals surface area contributed by atoms with E-state index >= 15 is 0 Å². The summed E-state index contributed by atoms with van der Waals surface area (Å²) in [6, 6.07) is 11.0. The lowest BCUT2D eigenvalue weighted by atomic mass is 10.1. The van der Waals surface area contributed by atoms with Crippen molar-refractivity contribution in [2.45, 2.75) is 13.3 Å². The van der Waals surface area contributed by atoms with Gasteiger partial charge in [-0.05, 0) is 42.3 Å². The molecule has 1 amide bonds. The van der Waals surface area contributed by atoms with Crippen LogP contribution in [-0.4, -0.2) is 25.8 Å². The van der Waals surface area contributed by atoms with Crippen molar-refractivity contribution >= 4 is 39.7 Å². The Morgan fingerprint density at radius 1 is 1.32 bits per heavy atom. The molecule has 0 unspecified atom stereocenters. The first-order chi connectivity index (χ1) is 12.0. The predicted molar refractivity (Wildman–Crippen MR) is 103 cm³/mol. The lowest BCUT2D eigenvalue weighted by Crippen LogP contribution is -2.19. The average molecular weight is 426 g/mol. The molecule has 0 saturated heterocycles. The third-order valence-electron chi connectivity index (χ3n) is 3.22. The van der Waals surface area contributed by atoms with Crippen LogP contribution in [0.1, 0.15) is 18.1 Å². The number of hydrogen-bond donors (Lipinski definition) is 1. The Morgan fingerprint density at radius 2 is 2.04 bits per heavy atom. The van der Waals surface area contributed by atoms with Crippen LogP contribution in [0.5, 0.6) is 11.5 Å². The zero-order valence-corrected chi connectivity index (χ0v) is 16.2. The monoisotopic (exact) mass is 424 g/mol. The first-order valence-corrected chi connectivity index (χ1v) is 8.77. The van der Waals surface area contributed by atoms with Crippen molar-refractivity contribution in [3.05, 3.63) is 57.0 Å². The lowest BCUT2D eigenvalue weighted by molar-refractivity contribution is -0.120. The molecule has 7 heteroatoms. The number of amides is 1. The van der Waals surface area contributed by atoms with Crippen molar-refractivity contribution in [1.29, 1.82) is 0 Å². The van der Waals surface area contributed by atoms with Crippen molar-refractivity contribution in [2.24, 2.45) is 5.10 Å². The number of hydrazone groups is 1. The normalized spacial score (nSPS) is 10.7. The summed E-state index contributed by atoms with van der Waals surface area (Å²) in [5.41, 5.74) is 4.09. The topological polar surface area (TPSA) is 59.9 Å². The summed E-state index contributed by atoms with van der Waals surface area (Å²) in [4.78, 5) is 11.9. The molecule has 0 radical (unpaired) electrons. The molecule has 0 spiro atoms. The first-order valence-electron chi connectivity index (χ1n) is 7.60. The standard InChI is InChI=1S/C18H18BrClN2O3/c1-3-25-16-9-13(8-15(20)18(16)24-2)11-21-22-17(23)10-12-4-6-14(19)7-5-12/h4-9,11H,3,10H2,1-2H3,(H,22,23)/b21-11+. The molecule has 0 aromatic heterocycles. The number of nitrogens with one attached hydrogen (secondary N) is 1. The molecule has 0 bridgehead atoms. The summed E-state index contributed by atoms with van der Waals surface area (Å²) in [7, 11) is 1.53. The Balaban J connectivity index is 2.01. The van der Waals surface area contributed by atoms with Crippen LogP contribution in [-0.2, 0) is 11.2 Å². The highest BCUT2D eigenvalue weighted by molar-refractivity contribution is 9.10. The van der Waals surface area contributed by atoms with Crippen LogP contribution in [0.3, 0.4) is 0 Å². The highest BCUT2D eigenvalue weighted by Gasteiger charge is 2.10. The number of carbonyl (C=O) groups excluding carboxylic acids is 1. The Kier molecular flexibility index (Phi) is 7.28. The van der Waals surface area contributed by atoms with Gasteiger partial charge in [-0.15, -0.1) is 0 Å². The second-order valence-corrected chi connectivity index (χ2v) is 6.39. The van der Waals surface area contributed by atoms with Crippen molar-refractivity contribution in [3.8, 4) is 11.5 Å². The Morgan fingerprint density at radius 3 is 2.68 bits per heavy atom. The number of rotatable bonds is 7. The first kappa shape index (κ1) is 19.3. The predicted octanol–water partition coefficient (Wildman–Crippen LogP) is 4.20. The minimum Gasteiger partial charge on any atom is -0.491 e. The summed E-state index contributed by atoms with van der Waals surface area (Å²) < 4.78 is 11.7. The molecule has 25 heavy (non-hydrogen) atoms. The molecule has 0 saturated carbocycles. The third-order valence-corrected chi connectivity index (χ3v) is 4.03. The third kappa shape index (κ3) is 5.76. The smallest absolute Gasteiger partial charge is 0.244 e. The molecular formula is C18H18BrClN2O3. The molecule has 0 atom stereocenters. The molecule has 0 fully saturated rings. The number of ether oxygens (including phenoxy) is 2. The number of carbonyl (C=O) groups is 1. The van der Waals surface area contributed by atoms with E-state index in [4.69, 9.17) is 21.1 Å².